The van der Waals surface area contributed by atoms with Gasteiger partial charge in [-0.05, 0) is 39.3 Å². The van der Waals surface area contributed by atoms with Crippen LogP contribution < -0.4 is 5.32 Å². The van der Waals surface area contributed by atoms with Crippen molar-refractivity contribution in [3.05, 3.63) is 23.8 Å². The fourth-order valence-corrected chi connectivity index (χ4v) is 1.99. The molecule has 1 fully saturated rings. The molecule has 1 unspecified atom stereocenters. The molecule has 0 amide bonds. The number of nitrogens with one attached hydrogen (secondary N) is 1. The minimum Gasteiger partial charge on any atom is -0.481 e. The fraction of sp³-hybridized carbons (Fsp3) is 0.571. The number of allylic oxidation sites excluding steroid dienone is 2. The Kier molecular flexibility index (Phi) is 5.76. The predicted molar refractivity (Wildman–Crippen MR) is 71.9 cm³/mol. The third kappa shape index (κ3) is 4.87. The van der Waals surface area contributed by atoms with E-state index in [1.165, 1.54) is 57.5 Å². The number of rotatable bonds is 2. The van der Waals surface area contributed by atoms with Gasteiger partial charge in [-0.2, -0.15) is 0 Å². The molecule has 0 aromatic heterocycles. The van der Waals surface area contributed by atoms with E-state index >= 15 is 0 Å². The van der Waals surface area contributed by atoms with Gasteiger partial charge in [0.25, 0.3) is 0 Å². The topological polar surface area (TPSA) is 86.6 Å². The molecule has 2 rings (SSSR count). The van der Waals surface area contributed by atoms with E-state index in [4.69, 9.17) is 10.2 Å². The quantitative estimate of drug-likeness (QED) is 0.710. The molecule has 0 aromatic rings. The van der Waals surface area contributed by atoms with Crippen molar-refractivity contribution in [2.75, 3.05) is 13.1 Å². The van der Waals surface area contributed by atoms with Gasteiger partial charge in [0.2, 0.25) is 0 Å². The zero-order valence-corrected chi connectivity index (χ0v) is 11.2. The van der Waals surface area contributed by atoms with E-state index in [0.29, 0.717) is 0 Å². The van der Waals surface area contributed by atoms with Crippen molar-refractivity contribution in [1.82, 2.24) is 5.32 Å². The summed E-state index contributed by atoms with van der Waals surface area (Å²) in [5, 5.41) is 20.8. The van der Waals surface area contributed by atoms with Crippen LogP contribution in [0.15, 0.2) is 23.8 Å². The molecule has 1 aliphatic heterocycles. The lowest BCUT2D eigenvalue weighted by Gasteiger charge is -2.23. The number of piperidine rings is 1. The first-order valence-corrected chi connectivity index (χ1v) is 6.51. The lowest BCUT2D eigenvalue weighted by Crippen LogP contribution is -2.28. The molecule has 3 N–H and O–H groups in total. The van der Waals surface area contributed by atoms with Crippen LogP contribution in [0, 0.1) is 5.41 Å². The van der Waals surface area contributed by atoms with Gasteiger partial charge < -0.3 is 15.5 Å². The first-order chi connectivity index (χ1) is 8.96. The Balaban J connectivity index is 0.000000250. The van der Waals surface area contributed by atoms with Crippen LogP contribution in [0.3, 0.4) is 0 Å². The molecule has 19 heavy (non-hydrogen) atoms. The van der Waals surface area contributed by atoms with Gasteiger partial charge in [0.1, 0.15) is 0 Å². The lowest BCUT2D eigenvalue weighted by atomic mass is 9.80. The third-order valence-electron chi connectivity index (χ3n) is 3.29. The maximum atomic E-state index is 10.8. The minimum atomic E-state index is -1.08. The Hall–Kier alpha value is -1.62. The summed E-state index contributed by atoms with van der Waals surface area (Å²) in [6.45, 7) is 4.00. The average molecular weight is 267 g/mol. The van der Waals surface area contributed by atoms with Crippen molar-refractivity contribution in [2.45, 2.75) is 32.6 Å². The highest BCUT2D eigenvalue weighted by Crippen LogP contribution is 2.31. The van der Waals surface area contributed by atoms with Crippen LogP contribution in [0.25, 0.3) is 0 Å². The standard InChI is InChI=1S/C9H10O4.C5H11N/c1-9(8(12)13)4-2-3-6(5-9)7(10)11;1-2-4-6-5-3-1/h2-4H,5H2,1H3,(H,10,11)(H,12,13);6H,1-5H2. The van der Waals surface area contributed by atoms with Crippen molar-refractivity contribution in [1.29, 1.82) is 0 Å². The smallest absolute Gasteiger partial charge is 0.331 e. The highest BCUT2D eigenvalue weighted by molar-refractivity contribution is 5.90. The summed E-state index contributed by atoms with van der Waals surface area (Å²) in [4.78, 5) is 21.3. The summed E-state index contributed by atoms with van der Waals surface area (Å²) in [5.74, 6) is -2.06. The highest BCUT2D eigenvalue weighted by Gasteiger charge is 2.34. The van der Waals surface area contributed by atoms with Gasteiger partial charge in [-0.15, -0.1) is 0 Å². The van der Waals surface area contributed by atoms with Crippen molar-refractivity contribution in [2.24, 2.45) is 5.41 Å². The van der Waals surface area contributed by atoms with E-state index in [1.54, 1.807) is 0 Å². The largest absolute Gasteiger partial charge is 0.481 e. The molecular formula is C14H21NO4. The Morgan fingerprint density at radius 1 is 1.21 bits per heavy atom. The van der Waals surface area contributed by atoms with Crippen LogP contribution >= 0.6 is 0 Å². The maximum absolute atomic E-state index is 10.8. The lowest BCUT2D eigenvalue weighted by molar-refractivity contribution is -0.145. The zero-order valence-electron chi connectivity index (χ0n) is 11.2. The Morgan fingerprint density at radius 2 is 1.84 bits per heavy atom. The highest BCUT2D eigenvalue weighted by atomic mass is 16.4. The van der Waals surface area contributed by atoms with Gasteiger partial charge in [0.05, 0.1) is 5.41 Å². The first-order valence-electron chi connectivity index (χ1n) is 6.51. The third-order valence-corrected chi connectivity index (χ3v) is 3.29. The summed E-state index contributed by atoms with van der Waals surface area (Å²) in [6.07, 6.45) is 8.65. The van der Waals surface area contributed by atoms with Crippen LogP contribution in [-0.2, 0) is 9.59 Å². The molecule has 0 saturated carbocycles. The van der Waals surface area contributed by atoms with Gasteiger partial charge >= 0.3 is 11.9 Å². The normalized spacial score (nSPS) is 25.8. The Morgan fingerprint density at radius 3 is 2.21 bits per heavy atom. The Bertz CT molecular complexity index is 385. The monoisotopic (exact) mass is 267 g/mol. The zero-order chi connectivity index (χ0) is 14.3. The number of carboxylic acids is 2. The Labute approximate surface area is 113 Å². The molecule has 106 valence electrons. The summed E-state index contributed by atoms with van der Waals surface area (Å²) >= 11 is 0. The molecule has 0 spiro atoms. The van der Waals surface area contributed by atoms with Gasteiger partial charge in [-0.3, -0.25) is 4.79 Å². The number of carbonyl (C=O) groups is 2. The van der Waals surface area contributed by atoms with Crippen molar-refractivity contribution in [3.63, 3.8) is 0 Å². The number of hydrogen-bond donors (Lipinski definition) is 3. The molecule has 0 radical (unpaired) electrons. The van der Waals surface area contributed by atoms with E-state index in [0.717, 1.165) is 0 Å². The van der Waals surface area contributed by atoms with Crippen LogP contribution in [0.4, 0.5) is 0 Å². The van der Waals surface area contributed by atoms with Gasteiger partial charge in [0.15, 0.2) is 0 Å². The van der Waals surface area contributed by atoms with Gasteiger partial charge in [-0.25, -0.2) is 4.79 Å². The van der Waals surface area contributed by atoms with Crippen LogP contribution in [0.5, 0.6) is 0 Å². The second-order valence-corrected chi connectivity index (χ2v) is 5.07. The molecule has 1 atom stereocenters. The second-order valence-electron chi connectivity index (χ2n) is 5.07. The van der Waals surface area contributed by atoms with Crippen LogP contribution in [0.1, 0.15) is 32.6 Å². The van der Waals surface area contributed by atoms with E-state index in [9.17, 15) is 9.59 Å². The average Bonchev–Trinajstić information content (AvgIpc) is 2.41. The van der Waals surface area contributed by atoms with Crippen molar-refractivity contribution < 1.29 is 19.8 Å². The molecule has 1 heterocycles. The van der Waals surface area contributed by atoms with E-state index in [2.05, 4.69) is 5.32 Å². The summed E-state index contributed by atoms with van der Waals surface area (Å²) in [6, 6.07) is 0. The van der Waals surface area contributed by atoms with Gasteiger partial charge in [0, 0.05) is 5.57 Å². The second kappa shape index (κ2) is 7.09. The molecular weight excluding hydrogens is 246 g/mol. The summed E-state index contributed by atoms with van der Waals surface area (Å²) in [7, 11) is 0. The summed E-state index contributed by atoms with van der Waals surface area (Å²) in [5.41, 5.74) is -0.949. The fourth-order valence-electron chi connectivity index (χ4n) is 1.99. The number of carboxylic acid groups (broad SMARTS) is 2. The van der Waals surface area contributed by atoms with Crippen LogP contribution in [0.2, 0.25) is 0 Å². The SMILES string of the molecule is C1CCNCC1.CC1(C(=O)O)C=CC=C(C(=O)O)C1. The molecule has 1 saturated heterocycles. The van der Waals surface area contributed by atoms with Crippen molar-refractivity contribution in [3.8, 4) is 0 Å². The first kappa shape index (κ1) is 15.4. The molecule has 0 aromatic carbocycles. The van der Waals surface area contributed by atoms with Gasteiger partial charge in [-0.1, -0.05) is 24.6 Å². The molecule has 0 bridgehead atoms. The molecule has 2 aliphatic rings. The number of aliphatic carboxylic acids is 2. The van der Waals surface area contributed by atoms with Crippen molar-refractivity contribution >= 4 is 11.9 Å². The predicted octanol–water partition coefficient (Wildman–Crippen LogP) is 1.81. The van der Waals surface area contributed by atoms with E-state index in [-0.39, 0.29) is 12.0 Å². The molecule has 1 aliphatic carbocycles. The molecule has 5 heteroatoms. The number of hydrogen-bond acceptors (Lipinski definition) is 3. The van der Waals surface area contributed by atoms with Crippen LogP contribution in [-0.4, -0.2) is 35.2 Å². The maximum Gasteiger partial charge on any atom is 0.331 e. The van der Waals surface area contributed by atoms with E-state index < -0.39 is 17.4 Å². The molecule has 5 nitrogen and oxygen atoms in total. The minimum absolute atomic E-state index is 0.0359. The van der Waals surface area contributed by atoms with E-state index in [1.807, 2.05) is 0 Å². The summed E-state index contributed by atoms with van der Waals surface area (Å²) < 4.78 is 0.